The molecule has 0 aliphatic carbocycles. The number of rotatable bonds is 2. The molecule has 1 heteroatoms. The molecule has 0 bridgehead atoms. The van der Waals surface area contributed by atoms with Gasteiger partial charge in [-0.25, -0.2) is 0 Å². The minimum atomic E-state index is -1.17. The zero-order valence-corrected chi connectivity index (χ0v) is 19.8. The van der Waals surface area contributed by atoms with Gasteiger partial charge in [-0.2, -0.15) is 0 Å². The fraction of sp³-hybridized carbons (Fsp3) is 0.400. The van der Waals surface area contributed by atoms with Gasteiger partial charge in [0.2, 0.25) is 0 Å². The van der Waals surface area contributed by atoms with Crippen LogP contribution in [0.4, 0.5) is 0 Å². The van der Waals surface area contributed by atoms with Crippen molar-refractivity contribution in [1.29, 1.82) is 0 Å². The molecule has 0 saturated carbocycles. The molecule has 0 atom stereocenters. The summed E-state index contributed by atoms with van der Waals surface area (Å²) >= 11 is -1.17. The first-order valence-electron chi connectivity index (χ1n) is 7.85. The van der Waals surface area contributed by atoms with Gasteiger partial charge in [0, 0.05) is 0 Å². The molecule has 0 heterocycles. The third kappa shape index (κ3) is 4.67. The van der Waals surface area contributed by atoms with Crippen LogP contribution in [0.2, 0.25) is 0 Å². The molecule has 2 aromatic rings. The topological polar surface area (TPSA) is 0 Å². The van der Waals surface area contributed by atoms with Crippen molar-refractivity contribution in [3.05, 3.63) is 59.7 Å². The maximum absolute atomic E-state index is 2.36. The first-order chi connectivity index (χ1) is 9.66. The molecule has 0 radical (unpaired) electrons. The maximum atomic E-state index is 2.36. The van der Waals surface area contributed by atoms with Gasteiger partial charge < -0.3 is 0 Å². The predicted octanol–water partition coefficient (Wildman–Crippen LogP) is 4.31. The molecular formula is C20H26Hg. The van der Waals surface area contributed by atoms with Crippen molar-refractivity contribution in [1.82, 2.24) is 0 Å². The summed E-state index contributed by atoms with van der Waals surface area (Å²) in [5.41, 5.74) is 3.37. The molecule has 21 heavy (non-hydrogen) atoms. The second-order valence-electron chi connectivity index (χ2n) is 8.07. The summed E-state index contributed by atoms with van der Waals surface area (Å²) in [5.74, 6) is 0. The molecule has 108 valence electrons. The van der Waals surface area contributed by atoms with E-state index in [0.717, 1.165) is 0 Å². The molecule has 2 rings (SSSR count). The minimum absolute atomic E-state index is 0.254. The van der Waals surface area contributed by atoms with Gasteiger partial charge in [0.1, 0.15) is 0 Å². The second-order valence-corrected chi connectivity index (χ2v) is 15.8. The van der Waals surface area contributed by atoms with Crippen molar-refractivity contribution in [3.8, 4) is 0 Å². The molecule has 0 N–H and O–H groups in total. The zero-order chi connectivity index (χ0) is 15.7. The molecule has 0 fully saturated rings. The first kappa shape index (κ1) is 16.7. The zero-order valence-electron chi connectivity index (χ0n) is 14.3. The average Bonchev–Trinajstić information content (AvgIpc) is 2.38. The summed E-state index contributed by atoms with van der Waals surface area (Å²) in [4.78, 5) is 0. The van der Waals surface area contributed by atoms with E-state index in [4.69, 9.17) is 0 Å². The second kappa shape index (κ2) is 6.24. The Morgan fingerprint density at radius 3 is 1.05 bits per heavy atom. The summed E-state index contributed by atoms with van der Waals surface area (Å²) in [6.07, 6.45) is 0. The van der Waals surface area contributed by atoms with E-state index in [9.17, 15) is 0 Å². The SMILES string of the molecule is CC(C)(C)c1cc[c]([Hg][c]2ccc(C(C)(C)C)cc2)cc1. The van der Waals surface area contributed by atoms with Gasteiger partial charge in [-0.3, -0.25) is 0 Å². The summed E-state index contributed by atoms with van der Waals surface area (Å²) in [6, 6.07) is 18.7. The normalized spacial score (nSPS) is 12.1. The monoisotopic (exact) mass is 468 g/mol. The molecule has 0 aliphatic rings. The van der Waals surface area contributed by atoms with Crippen molar-refractivity contribution in [2.45, 2.75) is 52.4 Å². The van der Waals surface area contributed by atoms with E-state index in [0.29, 0.717) is 0 Å². The third-order valence-electron chi connectivity index (χ3n) is 4.05. The number of benzene rings is 2. The van der Waals surface area contributed by atoms with E-state index in [1.54, 1.807) is 6.14 Å². The van der Waals surface area contributed by atoms with Crippen LogP contribution in [0.25, 0.3) is 0 Å². The summed E-state index contributed by atoms with van der Waals surface area (Å²) in [5, 5.41) is 0. The number of hydrogen-bond donors (Lipinski definition) is 0. The molecule has 0 nitrogen and oxygen atoms in total. The van der Waals surface area contributed by atoms with Crippen molar-refractivity contribution in [2.24, 2.45) is 0 Å². The number of hydrogen-bond acceptors (Lipinski definition) is 0. The quantitative estimate of drug-likeness (QED) is 0.578. The molecule has 0 amide bonds. The van der Waals surface area contributed by atoms with Crippen LogP contribution >= 0.6 is 0 Å². The molecule has 0 aliphatic heterocycles. The van der Waals surface area contributed by atoms with E-state index >= 15 is 0 Å². The Kier molecular flexibility index (Phi) is 4.98. The summed E-state index contributed by atoms with van der Waals surface area (Å²) in [6.45, 7) is 13.7. The van der Waals surface area contributed by atoms with Crippen LogP contribution in [0.1, 0.15) is 52.7 Å². The van der Waals surface area contributed by atoms with Crippen molar-refractivity contribution in [3.63, 3.8) is 0 Å². The molecule has 0 unspecified atom stereocenters. The van der Waals surface area contributed by atoms with Crippen LogP contribution in [-0.4, -0.2) is 0 Å². The molecule has 0 spiro atoms. The van der Waals surface area contributed by atoms with Crippen molar-refractivity contribution < 1.29 is 24.6 Å². The van der Waals surface area contributed by atoms with Crippen LogP contribution in [0.3, 0.4) is 0 Å². The van der Waals surface area contributed by atoms with E-state index < -0.39 is 24.6 Å². The van der Waals surface area contributed by atoms with Crippen LogP contribution < -0.4 is 6.14 Å². The standard InChI is InChI=1S/2C10H13.Hg/c2*1-10(2,3)9-7-5-4-6-8-9;/h2*5-8H,1-3H3;. The van der Waals surface area contributed by atoms with E-state index in [2.05, 4.69) is 90.1 Å². The molecule has 0 aromatic heterocycles. The van der Waals surface area contributed by atoms with E-state index in [1.165, 1.54) is 11.1 Å². The van der Waals surface area contributed by atoms with Gasteiger partial charge in [-0.15, -0.1) is 0 Å². The van der Waals surface area contributed by atoms with Gasteiger partial charge in [0.15, 0.2) is 0 Å². The Morgan fingerprint density at radius 1 is 0.524 bits per heavy atom. The summed E-state index contributed by atoms with van der Waals surface area (Å²) in [7, 11) is 0. The Morgan fingerprint density at radius 2 is 0.810 bits per heavy atom. The van der Waals surface area contributed by atoms with E-state index in [-0.39, 0.29) is 10.8 Å². The van der Waals surface area contributed by atoms with Gasteiger partial charge >= 0.3 is 143 Å². The first-order valence-corrected chi connectivity index (χ1v) is 13.3. The Bertz CT molecular complexity index is 522. The third-order valence-corrected chi connectivity index (χ3v) is 10.9. The van der Waals surface area contributed by atoms with Crippen LogP contribution in [0, 0.1) is 0 Å². The van der Waals surface area contributed by atoms with Gasteiger partial charge in [0.05, 0.1) is 0 Å². The van der Waals surface area contributed by atoms with Crippen molar-refractivity contribution in [2.75, 3.05) is 0 Å². The Labute approximate surface area is 142 Å². The van der Waals surface area contributed by atoms with Crippen LogP contribution in [0.15, 0.2) is 48.5 Å². The van der Waals surface area contributed by atoms with Crippen molar-refractivity contribution >= 4 is 6.14 Å². The molecular weight excluding hydrogens is 441 g/mol. The molecule has 2 aromatic carbocycles. The predicted molar refractivity (Wildman–Crippen MR) is 89.6 cm³/mol. The average molecular weight is 467 g/mol. The van der Waals surface area contributed by atoms with Gasteiger partial charge in [0.25, 0.3) is 0 Å². The fourth-order valence-corrected chi connectivity index (χ4v) is 7.98. The van der Waals surface area contributed by atoms with Crippen LogP contribution in [0.5, 0.6) is 0 Å². The Balaban J connectivity index is 2.12. The summed E-state index contributed by atoms with van der Waals surface area (Å²) < 4.78 is 3.21. The Hall–Kier alpha value is -0.625. The van der Waals surface area contributed by atoms with Gasteiger partial charge in [-0.1, -0.05) is 0 Å². The molecule has 0 saturated heterocycles. The van der Waals surface area contributed by atoms with E-state index in [1.807, 2.05) is 0 Å². The fourth-order valence-electron chi connectivity index (χ4n) is 2.48. The van der Waals surface area contributed by atoms with Crippen LogP contribution in [-0.2, 0) is 35.4 Å². The van der Waals surface area contributed by atoms with Gasteiger partial charge in [-0.05, 0) is 0 Å².